The summed E-state index contributed by atoms with van der Waals surface area (Å²) in [5, 5.41) is 5.80. The molecule has 2 fully saturated rings. The lowest BCUT2D eigenvalue weighted by Gasteiger charge is -2.24. The summed E-state index contributed by atoms with van der Waals surface area (Å²) in [5.74, 6) is 1.10. The third kappa shape index (κ3) is 1.75. The van der Waals surface area contributed by atoms with E-state index < -0.39 is 0 Å². The number of nitrogens with one attached hydrogen (secondary N) is 1. The molecule has 1 atom stereocenters. The van der Waals surface area contributed by atoms with Crippen LogP contribution < -0.4 is 16.0 Å². The number of hydrogen-bond donors (Lipinski definition) is 2. The van der Waals surface area contributed by atoms with E-state index in [-0.39, 0.29) is 0 Å². The van der Waals surface area contributed by atoms with E-state index in [1.807, 2.05) is 24.4 Å². The maximum atomic E-state index is 6.08. The van der Waals surface area contributed by atoms with Gasteiger partial charge in [0.1, 0.15) is 5.82 Å². The average Bonchev–Trinajstić information content (AvgIpc) is 3.10. The van der Waals surface area contributed by atoms with Gasteiger partial charge in [0.05, 0.1) is 0 Å². The Labute approximate surface area is 119 Å². The molecule has 1 aromatic heterocycles. The van der Waals surface area contributed by atoms with Crippen LogP contribution in [0.15, 0.2) is 30.5 Å². The minimum absolute atomic E-state index is 0.462. The quantitative estimate of drug-likeness (QED) is 0.777. The number of aromatic nitrogens is 1. The number of nitrogens with zero attached hydrogens (tertiary/aromatic N) is 2. The zero-order chi connectivity index (χ0) is 13.6. The molecule has 0 bridgehead atoms. The van der Waals surface area contributed by atoms with Crippen molar-refractivity contribution in [3.05, 3.63) is 30.5 Å². The number of anilines is 2. The lowest BCUT2D eigenvalue weighted by atomic mass is 9.86. The molecule has 2 aliphatic rings. The molecule has 2 aromatic rings. The SMILES string of the molecule is Nc1cccc2c(N3CCC4(CCNC4)C3)nccc12. The topological polar surface area (TPSA) is 54.2 Å². The highest BCUT2D eigenvalue weighted by molar-refractivity contribution is 5.99. The van der Waals surface area contributed by atoms with E-state index in [2.05, 4.69) is 21.3 Å². The number of pyridine rings is 1. The summed E-state index contributed by atoms with van der Waals surface area (Å²) in [4.78, 5) is 7.07. The van der Waals surface area contributed by atoms with Crippen LogP contribution in [0.5, 0.6) is 0 Å². The lowest BCUT2D eigenvalue weighted by Crippen LogP contribution is -2.29. The predicted molar refractivity (Wildman–Crippen MR) is 82.9 cm³/mol. The molecule has 1 spiro atoms. The molecule has 20 heavy (non-hydrogen) atoms. The Balaban J connectivity index is 1.74. The Morgan fingerprint density at radius 3 is 3.00 bits per heavy atom. The summed E-state index contributed by atoms with van der Waals surface area (Å²) >= 11 is 0. The van der Waals surface area contributed by atoms with Crippen molar-refractivity contribution in [2.45, 2.75) is 12.8 Å². The monoisotopic (exact) mass is 268 g/mol. The molecule has 4 nitrogen and oxygen atoms in total. The van der Waals surface area contributed by atoms with Crippen molar-refractivity contribution < 1.29 is 0 Å². The fourth-order valence-electron chi connectivity index (χ4n) is 3.73. The zero-order valence-corrected chi connectivity index (χ0v) is 11.6. The molecule has 4 heteroatoms. The van der Waals surface area contributed by atoms with Crippen LogP contribution in [0.4, 0.5) is 11.5 Å². The van der Waals surface area contributed by atoms with Gasteiger partial charge in [0, 0.05) is 47.7 Å². The fraction of sp³-hybridized carbons (Fsp3) is 0.438. The van der Waals surface area contributed by atoms with E-state index in [0.717, 1.165) is 43.1 Å². The van der Waals surface area contributed by atoms with Crippen molar-refractivity contribution in [2.24, 2.45) is 5.41 Å². The van der Waals surface area contributed by atoms with Crippen LogP contribution in [-0.2, 0) is 0 Å². The first kappa shape index (κ1) is 12.0. The Hall–Kier alpha value is -1.81. The second kappa shape index (κ2) is 4.35. The van der Waals surface area contributed by atoms with Crippen molar-refractivity contribution in [1.29, 1.82) is 0 Å². The van der Waals surface area contributed by atoms with Gasteiger partial charge in [-0.3, -0.25) is 0 Å². The van der Waals surface area contributed by atoms with Gasteiger partial charge in [-0.05, 0) is 31.5 Å². The molecule has 1 unspecified atom stereocenters. The van der Waals surface area contributed by atoms with E-state index in [1.54, 1.807) is 0 Å². The number of nitrogen functional groups attached to an aromatic ring is 1. The first-order chi connectivity index (χ1) is 9.77. The third-order valence-corrected chi connectivity index (χ3v) is 4.89. The molecule has 0 amide bonds. The molecule has 1 aromatic carbocycles. The third-order valence-electron chi connectivity index (χ3n) is 4.89. The summed E-state index contributed by atoms with van der Waals surface area (Å²) in [5.41, 5.74) is 7.38. The van der Waals surface area contributed by atoms with Crippen LogP contribution in [0.2, 0.25) is 0 Å². The summed E-state index contributed by atoms with van der Waals surface area (Å²) in [6, 6.07) is 8.12. The largest absolute Gasteiger partial charge is 0.398 e. The van der Waals surface area contributed by atoms with Gasteiger partial charge >= 0.3 is 0 Å². The molecule has 3 heterocycles. The Morgan fingerprint density at radius 1 is 1.20 bits per heavy atom. The van der Waals surface area contributed by atoms with Crippen molar-refractivity contribution in [3.8, 4) is 0 Å². The van der Waals surface area contributed by atoms with Gasteiger partial charge in [-0.25, -0.2) is 4.98 Å². The molecule has 2 saturated heterocycles. The summed E-state index contributed by atoms with van der Waals surface area (Å²) in [6.07, 6.45) is 4.43. The van der Waals surface area contributed by atoms with Crippen molar-refractivity contribution in [3.63, 3.8) is 0 Å². The maximum Gasteiger partial charge on any atom is 0.136 e. The van der Waals surface area contributed by atoms with E-state index in [1.165, 1.54) is 18.2 Å². The number of fused-ring (bicyclic) bond motifs is 1. The Bertz CT molecular complexity index is 646. The molecule has 4 rings (SSSR count). The maximum absolute atomic E-state index is 6.08. The second-order valence-electron chi connectivity index (χ2n) is 6.18. The van der Waals surface area contributed by atoms with E-state index in [9.17, 15) is 0 Å². The molecule has 0 radical (unpaired) electrons. The van der Waals surface area contributed by atoms with Crippen LogP contribution in [0.1, 0.15) is 12.8 Å². The van der Waals surface area contributed by atoms with Crippen molar-refractivity contribution >= 4 is 22.3 Å². The highest BCUT2D eigenvalue weighted by atomic mass is 15.2. The molecular weight excluding hydrogens is 248 g/mol. The molecule has 0 aliphatic carbocycles. The summed E-state index contributed by atoms with van der Waals surface area (Å²) in [6.45, 7) is 4.52. The summed E-state index contributed by atoms with van der Waals surface area (Å²) < 4.78 is 0. The van der Waals surface area contributed by atoms with Crippen molar-refractivity contribution in [1.82, 2.24) is 10.3 Å². The molecule has 3 N–H and O–H groups in total. The minimum Gasteiger partial charge on any atom is -0.398 e. The Morgan fingerprint density at radius 2 is 2.15 bits per heavy atom. The van der Waals surface area contributed by atoms with Gasteiger partial charge in [0.15, 0.2) is 0 Å². The van der Waals surface area contributed by atoms with Gasteiger partial charge in [0.2, 0.25) is 0 Å². The highest BCUT2D eigenvalue weighted by Crippen LogP contribution is 2.39. The van der Waals surface area contributed by atoms with E-state index >= 15 is 0 Å². The van der Waals surface area contributed by atoms with Crippen LogP contribution in [0.3, 0.4) is 0 Å². The number of nitrogens with two attached hydrogens (primary N) is 1. The highest BCUT2D eigenvalue weighted by Gasteiger charge is 2.40. The first-order valence-corrected chi connectivity index (χ1v) is 7.36. The van der Waals surface area contributed by atoms with Gasteiger partial charge < -0.3 is 16.0 Å². The van der Waals surface area contributed by atoms with Gasteiger partial charge in [-0.15, -0.1) is 0 Å². The normalized spacial score (nSPS) is 25.9. The first-order valence-electron chi connectivity index (χ1n) is 7.36. The van der Waals surface area contributed by atoms with Crippen LogP contribution >= 0.6 is 0 Å². The van der Waals surface area contributed by atoms with E-state index in [4.69, 9.17) is 5.73 Å². The molecule has 2 aliphatic heterocycles. The second-order valence-corrected chi connectivity index (χ2v) is 6.18. The van der Waals surface area contributed by atoms with E-state index in [0.29, 0.717) is 5.41 Å². The molecule has 0 saturated carbocycles. The van der Waals surface area contributed by atoms with Crippen LogP contribution in [0.25, 0.3) is 10.8 Å². The zero-order valence-electron chi connectivity index (χ0n) is 11.6. The number of benzene rings is 1. The standard InChI is InChI=1S/C16H20N4/c17-14-3-1-2-13-12(14)4-7-19-15(13)20-9-6-16(11-20)5-8-18-10-16/h1-4,7,18H,5-6,8-11,17H2. The lowest BCUT2D eigenvalue weighted by molar-refractivity contribution is 0.369. The minimum atomic E-state index is 0.462. The van der Waals surface area contributed by atoms with Crippen LogP contribution in [0, 0.1) is 5.41 Å². The number of hydrogen-bond acceptors (Lipinski definition) is 4. The summed E-state index contributed by atoms with van der Waals surface area (Å²) in [7, 11) is 0. The smallest absolute Gasteiger partial charge is 0.136 e. The molecular formula is C16H20N4. The Kier molecular flexibility index (Phi) is 2.60. The predicted octanol–water partition coefficient (Wildman–Crippen LogP) is 2.01. The van der Waals surface area contributed by atoms with Gasteiger partial charge in [-0.2, -0.15) is 0 Å². The average molecular weight is 268 g/mol. The van der Waals surface area contributed by atoms with Gasteiger partial charge in [-0.1, -0.05) is 12.1 Å². The number of rotatable bonds is 1. The van der Waals surface area contributed by atoms with Gasteiger partial charge in [0.25, 0.3) is 0 Å². The molecule has 104 valence electrons. The fourth-order valence-corrected chi connectivity index (χ4v) is 3.73. The van der Waals surface area contributed by atoms with Crippen LogP contribution in [-0.4, -0.2) is 31.2 Å². The van der Waals surface area contributed by atoms with Crippen molar-refractivity contribution in [2.75, 3.05) is 36.8 Å².